The zero-order valence-electron chi connectivity index (χ0n) is 12.6. The molecule has 4 rings (SSSR count). The number of aryl methyl sites for hydroxylation is 1. The number of fused-ring (bicyclic) bond motifs is 2. The summed E-state index contributed by atoms with van der Waals surface area (Å²) in [6.07, 6.45) is 9.58. The number of carbonyl (C=O) groups excluding carboxylic acids is 1. The van der Waals surface area contributed by atoms with Crippen LogP contribution in [-0.4, -0.2) is 32.4 Å². The van der Waals surface area contributed by atoms with E-state index in [2.05, 4.69) is 9.88 Å². The first-order valence-electron chi connectivity index (χ1n) is 8.17. The van der Waals surface area contributed by atoms with Crippen LogP contribution in [0.1, 0.15) is 37.9 Å². The molecule has 5 nitrogen and oxygen atoms in total. The lowest BCUT2D eigenvalue weighted by atomic mass is 9.84. The number of imidazole rings is 1. The van der Waals surface area contributed by atoms with Crippen LogP contribution in [0.4, 0.5) is 0 Å². The Kier molecular flexibility index (Phi) is 3.06. The van der Waals surface area contributed by atoms with Crippen molar-refractivity contribution >= 4 is 5.91 Å². The number of hydrogen-bond acceptors (Lipinski definition) is 3. The van der Waals surface area contributed by atoms with Gasteiger partial charge in [-0.1, -0.05) is 0 Å². The fourth-order valence-corrected chi connectivity index (χ4v) is 4.37. The molecule has 0 spiro atoms. The van der Waals surface area contributed by atoms with Gasteiger partial charge < -0.3 is 15.2 Å². The molecule has 1 heterocycles. The monoisotopic (exact) mass is 288 g/mol. The molecule has 4 atom stereocenters. The Morgan fingerprint density at radius 3 is 2.71 bits per heavy atom. The van der Waals surface area contributed by atoms with Gasteiger partial charge in [0.2, 0.25) is 5.91 Å². The molecule has 1 aromatic heterocycles. The first-order chi connectivity index (χ1) is 10.1. The standard InChI is InChI=1S/C16H24N4O/c1-19-7-6-18-13(19)9-20(12-4-5-12)16(21)14-10-2-3-11(8-10)15(14)17/h6-7,10-12,14-15H,2-5,8-9,17H2,1H3. The van der Waals surface area contributed by atoms with Gasteiger partial charge in [-0.2, -0.15) is 0 Å². The molecular formula is C16H24N4O. The smallest absolute Gasteiger partial charge is 0.228 e. The predicted octanol–water partition coefficient (Wildman–Crippen LogP) is 1.28. The van der Waals surface area contributed by atoms with Gasteiger partial charge in [-0.25, -0.2) is 4.98 Å². The molecule has 1 aromatic rings. The third kappa shape index (κ3) is 2.18. The normalized spacial score (nSPS) is 34.4. The Morgan fingerprint density at radius 2 is 2.14 bits per heavy atom. The Morgan fingerprint density at radius 1 is 1.38 bits per heavy atom. The van der Waals surface area contributed by atoms with Gasteiger partial charge in [-0.15, -0.1) is 0 Å². The van der Waals surface area contributed by atoms with E-state index in [1.165, 1.54) is 19.3 Å². The van der Waals surface area contributed by atoms with Crippen LogP contribution in [0.2, 0.25) is 0 Å². The van der Waals surface area contributed by atoms with E-state index in [1.54, 1.807) is 6.20 Å². The molecule has 5 heteroatoms. The summed E-state index contributed by atoms with van der Waals surface area (Å²) in [6.45, 7) is 0.633. The molecule has 4 unspecified atom stereocenters. The van der Waals surface area contributed by atoms with Crippen molar-refractivity contribution in [1.82, 2.24) is 14.5 Å². The third-order valence-corrected chi connectivity index (χ3v) is 5.77. The molecule has 0 aromatic carbocycles. The molecule has 114 valence electrons. The van der Waals surface area contributed by atoms with E-state index < -0.39 is 0 Å². The molecule has 1 amide bonds. The summed E-state index contributed by atoms with van der Waals surface area (Å²) in [6, 6.07) is 0.499. The summed E-state index contributed by atoms with van der Waals surface area (Å²) < 4.78 is 2.00. The van der Waals surface area contributed by atoms with Crippen molar-refractivity contribution in [3.8, 4) is 0 Å². The second-order valence-electron chi connectivity index (χ2n) is 7.09. The van der Waals surface area contributed by atoms with Gasteiger partial charge in [0, 0.05) is 31.5 Å². The number of rotatable bonds is 4. The Labute approximate surface area is 125 Å². The SMILES string of the molecule is Cn1ccnc1CN(C(=O)C1C2CCC(C2)C1N)C1CC1. The lowest BCUT2D eigenvalue weighted by molar-refractivity contribution is -0.139. The maximum atomic E-state index is 13.1. The van der Waals surface area contributed by atoms with Crippen LogP contribution in [0, 0.1) is 17.8 Å². The van der Waals surface area contributed by atoms with Crippen molar-refractivity contribution < 1.29 is 4.79 Å². The second kappa shape index (κ2) is 4.83. The molecule has 3 saturated carbocycles. The number of hydrogen-bond donors (Lipinski definition) is 1. The largest absolute Gasteiger partial charge is 0.337 e. The van der Waals surface area contributed by atoms with Crippen LogP contribution in [0.3, 0.4) is 0 Å². The van der Waals surface area contributed by atoms with E-state index in [1.807, 2.05) is 17.8 Å². The summed E-state index contributed by atoms with van der Waals surface area (Å²) in [4.78, 5) is 19.5. The van der Waals surface area contributed by atoms with E-state index in [0.29, 0.717) is 30.3 Å². The van der Waals surface area contributed by atoms with Crippen molar-refractivity contribution in [2.45, 2.75) is 50.7 Å². The highest BCUT2D eigenvalue weighted by molar-refractivity contribution is 5.81. The first kappa shape index (κ1) is 13.3. The van der Waals surface area contributed by atoms with Crippen LogP contribution in [0.5, 0.6) is 0 Å². The maximum Gasteiger partial charge on any atom is 0.228 e. The van der Waals surface area contributed by atoms with E-state index in [4.69, 9.17) is 5.73 Å². The second-order valence-corrected chi connectivity index (χ2v) is 7.09. The lowest BCUT2D eigenvalue weighted by Crippen LogP contribution is -2.47. The van der Waals surface area contributed by atoms with E-state index in [-0.39, 0.29) is 12.0 Å². The molecule has 21 heavy (non-hydrogen) atoms. The molecule has 2 bridgehead atoms. The maximum absolute atomic E-state index is 13.1. The average Bonchev–Trinajstić information content (AvgIpc) is 2.92. The topological polar surface area (TPSA) is 64.2 Å². The predicted molar refractivity (Wildman–Crippen MR) is 79.1 cm³/mol. The molecule has 3 aliphatic rings. The highest BCUT2D eigenvalue weighted by Crippen LogP contribution is 2.49. The molecule has 3 fully saturated rings. The lowest BCUT2D eigenvalue weighted by Gasteiger charge is -2.32. The van der Waals surface area contributed by atoms with Gasteiger partial charge in [0.1, 0.15) is 5.82 Å². The quantitative estimate of drug-likeness (QED) is 0.908. The van der Waals surface area contributed by atoms with Crippen LogP contribution in [-0.2, 0) is 18.4 Å². The van der Waals surface area contributed by atoms with E-state index in [0.717, 1.165) is 18.7 Å². The van der Waals surface area contributed by atoms with Gasteiger partial charge >= 0.3 is 0 Å². The summed E-state index contributed by atoms with van der Waals surface area (Å²) in [5, 5.41) is 0. The summed E-state index contributed by atoms with van der Waals surface area (Å²) >= 11 is 0. The minimum Gasteiger partial charge on any atom is -0.337 e. The molecule has 0 radical (unpaired) electrons. The Hall–Kier alpha value is -1.36. The van der Waals surface area contributed by atoms with E-state index in [9.17, 15) is 4.79 Å². The van der Waals surface area contributed by atoms with Gasteiger partial charge in [-0.05, 0) is 43.9 Å². The molecular weight excluding hydrogens is 264 g/mol. The molecule has 3 aliphatic carbocycles. The van der Waals surface area contributed by atoms with Crippen LogP contribution in [0.25, 0.3) is 0 Å². The zero-order valence-corrected chi connectivity index (χ0v) is 12.6. The molecule has 0 aliphatic heterocycles. The molecule has 0 saturated heterocycles. The number of nitrogens with two attached hydrogens (primary N) is 1. The van der Waals surface area contributed by atoms with Crippen molar-refractivity contribution in [1.29, 1.82) is 0 Å². The van der Waals surface area contributed by atoms with Crippen molar-refractivity contribution in [2.75, 3.05) is 0 Å². The summed E-state index contributed by atoms with van der Waals surface area (Å²) in [5.74, 6) is 2.43. The van der Waals surface area contributed by atoms with Gasteiger partial charge in [0.15, 0.2) is 0 Å². The summed E-state index contributed by atoms with van der Waals surface area (Å²) in [7, 11) is 1.99. The highest BCUT2D eigenvalue weighted by atomic mass is 16.2. The number of carbonyl (C=O) groups is 1. The van der Waals surface area contributed by atoms with Gasteiger partial charge in [0.25, 0.3) is 0 Å². The number of nitrogens with zero attached hydrogens (tertiary/aromatic N) is 3. The number of amides is 1. The van der Waals surface area contributed by atoms with Crippen molar-refractivity contribution in [2.24, 2.45) is 30.5 Å². The fraction of sp³-hybridized carbons (Fsp3) is 0.750. The fourth-order valence-electron chi connectivity index (χ4n) is 4.37. The van der Waals surface area contributed by atoms with Crippen LogP contribution in [0.15, 0.2) is 12.4 Å². The minimum absolute atomic E-state index is 0.0598. The Balaban J connectivity index is 1.54. The van der Waals surface area contributed by atoms with Gasteiger partial charge in [-0.3, -0.25) is 4.79 Å². The third-order valence-electron chi connectivity index (χ3n) is 5.77. The Bertz CT molecular complexity index is 548. The minimum atomic E-state index is 0.0598. The zero-order chi connectivity index (χ0) is 14.6. The average molecular weight is 288 g/mol. The van der Waals surface area contributed by atoms with Crippen LogP contribution < -0.4 is 5.73 Å². The summed E-state index contributed by atoms with van der Waals surface area (Å²) in [5.41, 5.74) is 6.36. The van der Waals surface area contributed by atoms with Gasteiger partial charge in [0.05, 0.1) is 12.5 Å². The van der Waals surface area contributed by atoms with E-state index >= 15 is 0 Å². The highest BCUT2D eigenvalue weighted by Gasteiger charge is 2.51. The number of aromatic nitrogens is 2. The first-order valence-corrected chi connectivity index (χ1v) is 8.17. The van der Waals surface area contributed by atoms with Crippen molar-refractivity contribution in [3.63, 3.8) is 0 Å². The van der Waals surface area contributed by atoms with Crippen LogP contribution >= 0.6 is 0 Å². The molecule has 2 N–H and O–H groups in total. The van der Waals surface area contributed by atoms with Crippen molar-refractivity contribution in [3.05, 3.63) is 18.2 Å².